The van der Waals surface area contributed by atoms with Gasteiger partial charge in [-0.2, -0.15) is 0 Å². The molecule has 0 radical (unpaired) electrons. The third kappa shape index (κ3) is 4.27. The number of para-hydroxylation sites is 1. The average molecular weight is 336 g/mol. The largest absolute Gasteiger partial charge is 0.343 e. The second-order valence-corrected chi connectivity index (χ2v) is 6.53. The number of anilines is 1. The Labute approximate surface area is 149 Å². The standard InChI is InChI=1S/C21H24N2O2/c1-17(24)22-14-12-19(13-15-22)21(25)23(20-10-6-3-7-11-20)16-18-8-4-2-5-9-18/h2-11,19H,12-16H2,1H3. The highest BCUT2D eigenvalue weighted by Crippen LogP contribution is 2.25. The predicted octanol–water partition coefficient (Wildman–Crippen LogP) is 3.48. The Morgan fingerprint density at radius 3 is 2.08 bits per heavy atom. The average Bonchev–Trinajstić information content (AvgIpc) is 2.67. The Hall–Kier alpha value is -2.62. The highest BCUT2D eigenvalue weighted by atomic mass is 16.2. The number of likely N-dealkylation sites (tertiary alicyclic amines) is 1. The molecule has 0 spiro atoms. The second kappa shape index (κ2) is 7.97. The van der Waals surface area contributed by atoms with Crippen LogP contribution in [-0.2, 0) is 16.1 Å². The van der Waals surface area contributed by atoms with Crippen LogP contribution in [0.5, 0.6) is 0 Å². The highest BCUT2D eigenvalue weighted by Gasteiger charge is 2.30. The van der Waals surface area contributed by atoms with Gasteiger partial charge in [-0.15, -0.1) is 0 Å². The molecule has 1 aliphatic heterocycles. The smallest absolute Gasteiger partial charge is 0.230 e. The van der Waals surface area contributed by atoms with Crippen LogP contribution >= 0.6 is 0 Å². The summed E-state index contributed by atoms with van der Waals surface area (Å²) in [5.74, 6) is 0.216. The number of nitrogens with zero attached hydrogens (tertiary/aromatic N) is 2. The zero-order valence-corrected chi connectivity index (χ0v) is 14.6. The molecule has 0 aromatic heterocycles. The van der Waals surface area contributed by atoms with Gasteiger partial charge in [0.05, 0.1) is 6.54 Å². The number of hydrogen-bond acceptors (Lipinski definition) is 2. The molecule has 25 heavy (non-hydrogen) atoms. The first-order valence-electron chi connectivity index (χ1n) is 8.81. The van der Waals surface area contributed by atoms with Gasteiger partial charge in [-0.05, 0) is 30.5 Å². The molecule has 2 aromatic rings. The van der Waals surface area contributed by atoms with Gasteiger partial charge in [-0.25, -0.2) is 0 Å². The molecule has 0 N–H and O–H groups in total. The molecule has 4 nitrogen and oxygen atoms in total. The van der Waals surface area contributed by atoms with E-state index in [0.29, 0.717) is 19.6 Å². The molecule has 1 heterocycles. The maximum absolute atomic E-state index is 13.2. The van der Waals surface area contributed by atoms with Crippen molar-refractivity contribution in [2.24, 2.45) is 5.92 Å². The van der Waals surface area contributed by atoms with Gasteiger partial charge in [0.2, 0.25) is 11.8 Å². The lowest BCUT2D eigenvalue weighted by Gasteiger charge is -2.34. The third-order valence-corrected chi connectivity index (χ3v) is 4.81. The summed E-state index contributed by atoms with van der Waals surface area (Å²) < 4.78 is 0. The van der Waals surface area contributed by atoms with Crippen LogP contribution in [0.3, 0.4) is 0 Å². The minimum absolute atomic E-state index is 0.0282. The first-order valence-corrected chi connectivity index (χ1v) is 8.81. The molecule has 0 unspecified atom stereocenters. The lowest BCUT2D eigenvalue weighted by Crippen LogP contribution is -2.43. The first-order chi connectivity index (χ1) is 12.1. The normalized spacial score (nSPS) is 15.0. The number of carbonyl (C=O) groups excluding carboxylic acids is 2. The van der Waals surface area contributed by atoms with E-state index in [1.54, 1.807) is 6.92 Å². The Bertz CT molecular complexity index is 707. The SMILES string of the molecule is CC(=O)N1CCC(C(=O)N(Cc2ccccc2)c2ccccc2)CC1. The molecule has 130 valence electrons. The van der Waals surface area contributed by atoms with Gasteiger partial charge in [0.15, 0.2) is 0 Å². The first kappa shape index (κ1) is 17.2. The second-order valence-electron chi connectivity index (χ2n) is 6.53. The van der Waals surface area contributed by atoms with Crippen LogP contribution < -0.4 is 4.90 Å². The van der Waals surface area contributed by atoms with E-state index in [9.17, 15) is 9.59 Å². The lowest BCUT2D eigenvalue weighted by molar-refractivity contribution is -0.133. The lowest BCUT2D eigenvalue weighted by atomic mass is 9.94. The fraction of sp³-hybridized carbons (Fsp3) is 0.333. The Morgan fingerprint density at radius 1 is 0.960 bits per heavy atom. The molecule has 2 amide bonds. The van der Waals surface area contributed by atoms with Crippen LogP contribution in [0.25, 0.3) is 0 Å². The van der Waals surface area contributed by atoms with E-state index in [-0.39, 0.29) is 17.7 Å². The van der Waals surface area contributed by atoms with Crippen molar-refractivity contribution in [2.75, 3.05) is 18.0 Å². The zero-order chi connectivity index (χ0) is 17.6. The molecular weight excluding hydrogens is 312 g/mol. The number of carbonyl (C=O) groups is 2. The van der Waals surface area contributed by atoms with E-state index in [0.717, 1.165) is 24.1 Å². The fourth-order valence-electron chi connectivity index (χ4n) is 3.33. The topological polar surface area (TPSA) is 40.6 Å². The number of rotatable bonds is 4. The minimum atomic E-state index is -0.0282. The summed E-state index contributed by atoms with van der Waals surface area (Å²) in [6.45, 7) is 3.49. The molecule has 1 saturated heterocycles. The van der Waals surface area contributed by atoms with Gasteiger partial charge in [-0.1, -0.05) is 48.5 Å². The number of hydrogen-bond donors (Lipinski definition) is 0. The molecule has 3 rings (SSSR count). The summed E-state index contributed by atoms with van der Waals surface area (Å²) in [4.78, 5) is 28.4. The van der Waals surface area contributed by atoms with Gasteiger partial charge in [0.1, 0.15) is 0 Å². The summed E-state index contributed by atoms with van der Waals surface area (Å²) in [5, 5.41) is 0. The van der Waals surface area contributed by atoms with E-state index in [1.807, 2.05) is 70.5 Å². The predicted molar refractivity (Wildman–Crippen MR) is 99.1 cm³/mol. The van der Waals surface area contributed by atoms with Crippen molar-refractivity contribution in [3.8, 4) is 0 Å². The van der Waals surface area contributed by atoms with Crippen molar-refractivity contribution < 1.29 is 9.59 Å². The van der Waals surface area contributed by atoms with Crippen LogP contribution in [0.1, 0.15) is 25.3 Å². The molecule has 0 bridgehead atoms. The van der Waals surface area contributed by atoms with Crippen molar-refractivity contribution in [3.05, 3.63) is 66.2 Å². The molecular formula is C21H24N2O2. The monoisotopic (exact) mass is 336 g/mol. The number of amides is 2. The van der Waals surface area contributed by atoms with Gasteiger partial charge in [0.25, 0.3) is 0 Å². The maximum Gasteiger partial charge on any atom is 0.230 e. The van der Waals surface area contributed by atoms with Crippen molar-refractivity contribution in [2.45, 2.75) is 26.3 Å². The van der Waals surface area contributed by atoms with Gasteiger partial charge >= 0.3 is 0 Å². The highest BCUT2D eigenvalue weighted by molar-refractivity contribution is 5.95. The molecule has 1 aliphatic rings. The van der Waals surface area contributed by atoms with Gasteiger partial charge in [-0.3, -0.25) is 9.59 Å². The number of piperidine rings is 1. The summed E-state index contributed by atoms with van der Waals surface area (Å²) in [5.41, 5.74) is 2.03. The fourth-order valence-corrected chi connectivity index (χ4v) is 3.33. The quantitative estimate of drug-likeness (QED) is 0.858. The van der Waals surface area contributed by atoms with Crippen molar-refractivity contribution >= 4 is 17.5 Å². The van der Waals surface area contributed by atoms with Crippen LogP contribution in [0, 0.1) is 5.92 Å². The summed E-state index contributed by atoms with van der Waals surface area (Å²) in [6.07, 6.45) is 1.47. The van der Waals surface area contributed by atoms with Crippen molar-refractivity contribution in [3.63, 3.8) is 0 Å². The van der Waals surface area contributed by atoms with Crippen LogP contribution in [-0.4, -0.2) is 29.8 Å². The molecule has 2 aromatic carbocycles. The summed E-state index contributed by atoms with van der Waals surface area (Å²) in [7, 11) is 0. The van der Waals surface area contributed by atoms with E-state index in [2.05, 4.69) is 0 Å². The molecule has 1 fully saturated rings. The van der Waals surface area contributed by atoms with E-state index in [4.69, 9.17) is 0 Å². The van der Waals surface area contributed by atoms with Gasteiger partial charge in [0, 0.05) is 31.6 Å². The van der Waals surface area contributed by atoms with E-state index < -0.39 is 0 Å². The molecule has 4 heteroatoms. The van der Waals surface area contributed by atoms with Crippen molar-refractivity contribution in [1.29, 1.82) is 0 Å². The van der Waals surface area contributed by atoms with Crippen molar-refractivity contribution in [1.82, 2.24) is 4.90 Å². The van der Waals surface area contributed by atoms with Crippen LogP contribution in [0.15, 0.2) is 60.7 Å². The summed E-state index contributed by atoms with van der Waals surface area (Å²) in [6, 6.07) is 19.9. The third-order valence-electron chi connectivity index (χ3n) is 4.81. The Kier molecular flexibility index (Phi) is 5.49. The van der Waals surface area contributed by atoms with E-state index >= 15 is 0 Å². The Balaban J connectivity index is 1.77. The summed E-state index contributed by atoms with van der Waals surface area (Å²) >= 11 is 0. The molecule has 0 atom stereocenters. The van der Waals surface area contributed by atoms with E-state index in [1.165, 1.54) is 0 Å². The molecule has 0 saturated carbocycles. The zero-order valence-electron chi connectivity index (χ0n) is 14.6. The van der Waals surface area contributed by atoms with Gasteiger partial charge < -0.3 is 9.80 Å². The van der Waals surface area contributed by atoms with Crippen LogP contribution in [0.4, 0.5) is 5.69 Å². The minimum Gasteiger partial charge on any atom is -0.343 e. The number of benzene rings is 2. The maximum atomic E-state index is 13.2. The molecule has 0 aliphatic carbocycles. The van der Waals surface area contributed by atoms with Crippen LogP contribution in [0.2, 0.25) is 0 Å². The Morgan fingerprint density at radius 2 is 1.52 bits per heavy atom.